The van der Waals surface area contributed by atoms with Gasteiger partial charge in [0, 0.05) is 29.6 Å². The smallest absolute Gasteiger partial charge is 0.261 e. The van der Waals surface area contributed by atoms with Gasteiger partial charge >= 0.3 is 0 Å². The zero-order chi connectivity index (χ0) is 20.5. The van der Waals surface area contributed by atoms with E-state index < -0.39 is 0 Å². The Hall–Kier alpha value is -1.57. The van der Waals surface area contributed by atoms with Crippen LogP contribution in [0.15, 0.2) is 30.5 Å². The molecule has 1 atom stereocenters. The van der Waals surface area contributed by atoms with Crippen LogP contribution >= 0.6 is 46.1 Å². The number of benzene rings is 1. The highest BCUT2D eigenvalue weighted by Gasteiger charge is 2.24. The summed E-state index contributed by atoms with van der Waals surface area (Å²) >= 11 is 19.9. The van der Waals surface area contributed by atoms with Crippen molar-refractivity contribution < 1.29 is 4.79 Å². The maximum atomic E-state index is 12.9. The number of nitrogens with zero attached hydrogens (tertiary/aromatic N) is 2. The van der Waals surface area contributed by atoms with Crippen LogP contribution in [0.2, 0.25) is 15.1 Å². The van der Waals surface area contributed by atoms with E-state index in [0.717, 1.165) is 41.1 Å². The summed E-state index contributed by atoms with van der Waals surface area (Å²) in [7, 11) is 0. The molecule has 0 radical (unpaired) electrons. The lowest BCUT2D eigenvalue weighted by Crippen LogP contribution is -2.41. The first-order chi connectivity index (χ1) is 14.0. The molecule has 1 unspecified atom stereocenters. The lowest BCUT2D eigenvalue weighted by molar-refractivity contribution is 0.0942. The molecule has 1 aliphatic rings. The Balaban J connectivity index is 1.53. The molecule has 29 heavy (non-hydrogen) atoms. The van der Waals surface area contributed by atoms with Gasteiger partial charge in [0.05, 0.1) is 31.8 Å². The third-order valence-corrected chi connectivity index (χ3v) is 7.15. The number of rotatable bonds is 5. The molecule has 0 spiro atoms. The van der Waals surface area contributed by atoms with Crippen LogP contribution in [0, 0.1) is 0 Å². The number of nitrogens with two attached hydrogens (primary N) is 1. The number of halogens is 3. The highest BCUT2D eigenvalue weighted by Crippen LogP contribution is 2.38. The molecule has 0 aliphatic carbocycles. The van der Waals surface area contributed by atoms with Crippen molar-refractivity contribution in [3.63, 3.8) is 0 Å². The molecule has 1 amide bonds. The van der Waals surface area contributed by atoms with Gasteiger partial charge in [-0.2, -0.15) is 5.10 Å². The lowest BCUT2D eigenvalue weighted by atomic mass is 10.1. The van der Waals surface area contributed by atoms with Crippen LogP contribution in [0.4, 0.5) is 0 Å². The minimum absolute atomic E-state index is 0.138. The number of thiophene rings is 1. The molecule has 5 nitrogen and oxygen atoms in total. The first-order valence-corrected chi connectivity index (χ1v) is 11.2. The highest BCUT2D eigenvalue weighted by molar-refractivity contribution is 7.14. The van der Waals surface area contributed by atoms with Gasteiger partial charge in [-0.25, -0.2) is 0 Å². The summed E-state index contributed by atoms with van der Waals surface area (Å²) in [6.07, 6.45) is 4.09. The van der Waals surface area contributed by atoms with Crippen LogP contribution in [0.3, 0.4) is 0 Å². The predicted octanol–water partition coefficient (Wildman–Crippen LogP) is 4.82. The van der Waals surface area contributed by atoms with Crippen LogP contribution in [0.25, 0.3) is 11.3 Å². The Morgan fingerprint density at radius 1 is 1.24 bits per heavy atom. The standard InChI is InChI=1S/C20H19Cl3N4OS/c21-14-4-3-11(7-15(14)22)6-12(9-24)26-20(28)18-8-13-17(29-18)2-1-5-27-19(13)16(23)10-25-27/h3-4,7-8,10,12H,1-2,5-6,9,24H2,(H,26,28). The van der Waals surface area contributed by atoms with Crippen molar-refractivity contribution in [3.05, 3.63) is 60.8 Å². The molecule has 4 rings (SSSR count). The van der Waals surface area contributed by atoms with E-state index in [9.17, 15) is 4.79 Å². The minimum atomic E-state index is -0.212. The Bertz CT molecular complexity index is 1060. The third kappa shape index (κ3) is 4.32. The molecule has 3 heterocycles. The summed E-state index contributed by atoms with van der Waals surface area (Å²) in [5.41, 5.74) is 8.75. The monoisotopic (exact) mass is 468 g/mol. The normalized spacial score (nSPS) is 14.1. The summed E-state index contributed by atoms with van der Waals surface area (Å²) in [5, 5.41) is 8.98. The summed E-state index contributed by atoms with van der Waals surface area (Å²) in [5.74, 6) is -0.138. The topological polar surface area (TPSA) is 72.9 Å². The number of aryl methyl sites for hydroxylation is 2. The lowest BCUT2D eigenvalue weighted by Gasteiger charge is -2.17. The molecule has 1 aromatic carbocycles. The molecule has 2 aromatic heterocycles. The summed E-state index contributed by atoms with van der Waals surface area (Å²) in [6, 6.07) is 7.13. The minimum Gasteiger partial charge on any atom is -0.347 e. The van der Waals surface area contributed by atoms with E-state index in [1.165, 1.54) is 11.3 Å². The van der Waals surface area contributed by atoms with Crippen molar-refractivity contribution in [3.8, 4) is 11.3 Å². The van der Waals surface area contributed by atoms with Gasteiger partial charge in [-0.15, -0.1) is 11.3 Å². The van der Waals surface area contributed by atoms with Crippen LogP contribution in [-0.2, 0) is 19.4 Å². The quantitative estimate of drug-likeness (QED) is 0.563. The van der Waals surface area contributed by atoms with E-state index in [1.54, 1.807) is 18.3 Å². The molecule has 0 bridgehead atoms. The first-order valence-electron chi connectivity index (χ1n) is 9.25. The zero-order valence-electron chi connectivity index (χ0n) is 15.4. The number of hydrogen-bond donors (Lipinski definition) is 2. The van der Waals surface area contributed by atoms with Crippen LogP contribution in [-0.4, -0.2) is 28.3 Å². The van der Waals surface area contributed by atoms with Gasteiger partial charge in [-0.1, -0.05) is 40.9 Å². The number of hydrogen-bond acceptors (Lipinski definition) is 4. The van der Waals surface area contributed by atoms with Crippen LogP contribution < -0.4 is 11.1 Å². The third-order valence-electron chi connectivity index (χ3n) is 4.94. The van der Waals surface area contributed by atoms with Gasteiger partial charge in [0.15, 0.2) is 0 Å². The molecule has 3 aromatic rings. The number of aromatic nitrogens is 2. The van der Waals surface area contributed by atoms with Crippen LogP contribution in [0.5, 0.6) is 0 Å². The van der Waals surface area contributed by atoms with E-state index in [1.807, 2.05) is 16.8 Å². The van der Waals surface area contributed by atoms with Gasteiger partial charge < -0.3 is 11.1 Å². The Kier molecular flexibility index (Phi) is 6.18. The van der Waals surface area contributed by atoms with E-state index in [2.05, 4.69) is 10.4 Å². The molecule has 3 N–H and O–H groups in total. The van der Waals surface area contributed by atoms with Crippen molar-refractivity contribution in [2.24, 2.45) is 5.73 Å². The molecule has 1 aliphatic heterocycles. The maximum Gasteiger partial charge on any atom is 0.261 e. The number of fused-ring (bicyclic) bond motifs is 3. The van der Waals surface area contributed by atoms with Crippen molar-refractivity contribution in [2.45, 2.75) is 31.8 Å². The maximum absolute atomic E-state index is 12.9. The largest absolute Gasteiger partial charge is 0.347 e. The molecule has 152 valence electrons. The van der Waals surface area contributed by atoms with E-state index in [4.69, 9.17) is 40.5 Å². The second-order valence-corrected chi connectivity index (χ2v) is 9.33. The number of nitrogens with one attached hydrogen (secondary N) is 1. The van der Waals surface area contributed by atoms with Crippen LogP contribution in [0.1, 0.15) is 26.5 Å². The number of carbonyl (C=O) groups excluding carboxylic acids is 1. The summed E-state index contributed by atoms with van der Waals surface area (Å²) < 4.78 is 1.91. The highest BCUT2D eigenvalue weighted by atomic mass is 35.5. The number of carbonyl (C=O) groups is 1. The average Bonchev–Trinajstić information content (AvgIpc) is 3.23. The molecule has 9 heteroatoms. The van der Waals surface area contributed by atoms with Crippen molar-refractivity contribution in [1.82, 2.24) is 15.1 Å². The molecular formula is C20H19Cl3N4OS. The van der Waals surface area contributed by atoms with Gasteiger partial charge in [-0.05, 0) is 43.0 Å². The summed E-state index contributed by atoms with van der Waals surface area (Å²) in [6.45, 7) is 1.14. The molecule has 0 saturated heterocycles. The van der Waals surface area contributed by atoms with Crippen molar-refractivity contribution in [2.75, 3.05) is 6.54 Å². The fraction of sp³-hybridized carbons (Fsp3) is 0.300. The first kappa shape index (κ1) is 20.7. The Morgan fingerprint density at radius 2 is 2.07 bits per heavy atom. The second-order valence-electron chi connectivity index (χ2n) is 6.97. The van der Waals surface area contributed by atoms with E-state index in [-0.39, 0.29) is 11.9 Å². The average molecular weight is 470 g/mol. The number of amides is 1. The summed E-state index contributed by atoms with van der Waals surface area (Å²) in [4.78, 5) is 14.7. The Labute approximate surface area is 187 Å². The van der Waals surface area contributed by atoms with E-state index in [0.29, 0.717) is 32.9 Å². The molecular weight excluding hydrogens is 451 g/mol. The van der Waals surface area contributed by atoms with Crippen molar-refractivity contribution in [1.29, 1.82) is 0 Å². The van der Waals surface area contributed by atoms with Gasteiger partial charge in [0.2, 0.25) is 0 Å². The van der Waals surface area contributed by atoms with Gasteiger partial charge in [0.25, 0.3) is 5.91 Å². The second kappa shape index (κ2) is 8.66. The SMILES string of the molecule is NCC(Cc1ccc(Cl)c(Cl)c1)NC(=O)c1cc2c(s1)CCCn1ncc(Cl)c1-2. The van der Waals surface area contributed by atoms with Gasteiger partial charge in [0.1, 0.15) is 0 Å². The van der Waals surface area contributed by atoms with Crippen molar-refractivity contribution >= 4 is 52.0 Å². The predicted molar refractivity (Wildman–Crippen MR) is 119 cm³/mol. The van der Waals surface area contributed by atoms with E-state index >= 15 is 0 Å². The molecule has 0 fully saturated rings. The van der Waals surface area contributed by atoms with Gasteiger partial charge in [-0.3, -0.25) is 9.48 Å². The molecule has 0 saturated carbocycles. The fourth-order valence-corrected chi connectivity index (χ4v) is 5.19. The zero-order valence-corrected chi connectivity index (χ0v) is 18.5. The fourth-order valence-electron chi connectivity index (χ4n) is 3.52. The Morgan fingerprint density at radius 3 is 2.83 bits per heavy atom.